The normalized spacial score (nSPS) is 18.1. The van der Waals surface area contributed by atoms with E-state index in [4.69, 9.17) is 9.72 Å². The van der Waals surface area contributed by atoms with Gasteiger partial charge in [0.25, 0.3) is 5.91 Å². The number of amides is 1. The highest BCUT2D eigenvalue weighted by molar-refractivity contribution is 5.94. The van der Waals surface area contributed by atoms with E-state index in [-0.39, 0.29) is 5.91 Å². The zero-order chi connectivity index (χ0) is 17.8. The average Bonchev–Trinajstić information content (AvgIpc) is 2.75. The third-order valence-electron chi connectivity index (χ3n) is 4.83. The standard InChI is InChI=1S/C19H23N5O2/c25-18(16-4-2-1-3-5-16)23-10-8-22(9-11-23)17-6-7-20-19(21-17)24-12-14-26-15-13-24/h1-7H,8-15H2. The van der Waals surface area contributed by atoms with Crippen molar-refractivity contribution in [2.24, 2.45) is 0 Å². The van der Waals surface area contributed by atoms with Gasteiger partial charge >= 0.3 is 0 Å². The SMILES string of the molecule is O=C(c1ccccc1)N1CCN(c2ccnc(N3CCOCC3)n2)CC1. The molecule has 26 heavy (non-hydrogen) atoms. The molecule has 3 heterocycles. The third kappa shape index (κ3) is 3.62. The molecule has 0 aliphatic carbocycles. The number of rotatable bonds is 3. The van der Waals surface area contributed by atoms with Gasteiger partial charge in [0.05, 0.1) is 13.2 Å². The molecule has 0 N–H and O–H groups in total. The molecule has 0 unspecified atom stereocenters. The van der Waals surface area contributed by atoms with Crippen LogP contribution in [0.5, 0.6) is 0 Å². The van der Waals surface area contributed by atoms with Crippen molar-refractivity contribution >= 4 is 17.7 Å². The Hall–Kier alpha value is -2.67. The Morgan fingerprint density at radius 1 is 0.885 bits per heavy atom. The minimum atomic E-state index is 0.0990. The van der Waals surface area contributed by atoms with Crippen LogP contribution in [0.25, 0.3) is 0 Å². The fourth-order valence-corrected chi connectivity index (χ4v) is 3.33. The Morgan fingerprint density at radius 3 is 2.35 bits per heavy atom. The van der Waals surface area contributed by atoms with E-state index < -0.39 is 0 Å². The highest BCUT2D eigenvalue weighted by Gasteiger charge is 2.23. The maximum Gasteiger partial charge on any atom is 0.253 e. The molecule has 7 nitrogen and oxygen atoms in total. The van der Waals surface area contributed by atoms with Gasteiger partial charge in [-0.25, -0.2) is 4.98 Å². The van der Waals surface area contributed by atoms with Gasteiger partial charge in [0, 0.05) is 51.0 Å². The summed E-state index contributed by atoms with van der Waals surface area (Å²) in [5.74, 6) is 1.78. The zero-order valence-electron chi connectivity index (χ0n) is 14.8. The summed E-state index contributed by atoms with van der Waals surface area (Å²) in [5, 5.41) is 0. The molecule has 2 saturated heterocycles. The molecule has 1 aromatic heterocycles. The number of hydrogen-bond acceptors (Lipinski definition) is 6. The van der Waals surface area contributed by atoms with Crippen molar-refractivity contribution in [2.45, 2.75) is 0 Å². The van der Waals surface area contributed by atoms with Crippen LogP contribution in [-0.4, -0.2) is 73.3 Å². The maximum atomic E-state index is 12.6. The lowest BCUT2D eigenvalue weighted by atomic mass is 10.2. The number of morpholine rings is 1. The summed E-state index contributed by atoms with van der Waals surface area (Å²) in [4.78, 5) is 28.0. The molecule has 0 bridgehead atoms. The smallest absolute Gasteiger partial charge is 0.253 e. The van der Waals surface area contributed by atoms with Crippen molar-refractivity contribution < 1.29 is 9.53 Å². The summed E-state index contributed by atoms with van der Waals surface area (Å²) in [6.45, 7) is 6.03. The van der Waals surface area contributed by atoms with Gasteiger partial charge in [0.1, 0.15) is 5.82 Å². The second-order valence-electron chi connectivity index (χ2n) is 6.46. The molecule has 136 valence electrons. The summed E-state index contributed by atoms with van der Waals surface area (Å²) < 4.78 is 5.39. The van der Waals surface area contributed by atoms with E-state index in [9.17, 15) is 4.79 Å². The van der Waals surface area contributed by atoms with E-state index in [1.165, 1.54) is 0 Å². The molecular weight excluding hydrogens is 330 g/mol. The molecule has 0 saturated carbocycles. The summed E-state index contributed by atoms with van der Waals surface area (Å²) in [6.07, 6.45) is 1.81. The van der Waals surface area contributed by atoms with Gasteiger partial charge < -0.3 is 19.4 Å². The lowest BCUT2D eigenvalue weighted by Gasteiger charge is -2.36. The average molecular weight is 353 g/mol. The fourth-order valence-electron chi connectivity index (χ4n) is 3.33. The Morgan fingerprint density at radius 2 is 1.62 bits per heavy atom. The molecule has 2 fully saturated rings. The van der Waals surface area contributed by atoms with Gasteiger partial charge in [-0.3, -0.25) is 4.79 Å². The number of aromatic nitrogens is 2. The Balaban J connectivity index is 1.39. The van der Waals surface area contributed by atoms with Crippen molar-refractivity contribution in [3.8, 4) is 0 Å². The molecule has 0 spiro atoms. The van der Waals surface area contributed by atoms with Crippen LogP contribution in [0.15, 0.2) is 42.6 Å². The first-order valence-corrected chi connectivity index (χ1v) is 9.06. The summed E-state index contributed by atoms with van der Waals surface area (Å²) in [5.41, 5.74) is 0.748. The van der Waals surface area contributed by atoms with E-state index in [0.29, 0.717) is 26.3 Å². The number of anilines is 2. The van der Waals surface area contributed by atoms with Gasteiger partial charge in [0.15, 0.2) is 0 Å². The molecule has 0 atom stereocenters. The van der Waals surface area contributed by atoms with Gasteiger partial charge in [-0.2, -0.15) is 4.98 Å². The Kier molecular flexibility index (Phi) is 4.97. The number of carbonyl (C=O) groups excluding carboxylic acids is 1. The van der Waals surface area contributed by atoms with Gasteiger partial charge in [0.2, 0.25) is 5.95 Å². The van der Waals surface area contributed by atoms with Crippen molar-refractivity contribution in [2.75, 3.05) is 62.3 Å². The van der Waals surface area contributed by atoms with Crippen LogP contribution < -0.4 is 9.80 Å². The molecule has 1 aromatic carbocycles. The first kappa shape index (κ1) is 16.8. The van der Waals surface area contributed by atoms with Crippen LogP contribution in [0.4, 0.5) is 11.8 Å². The van der Waals surface area contributed by atoms with Crippen molar-refractivity contribution in [3.63, 3.8) is 0 Å². The van der Waals surface area contributed by atoms with Crippen LogP contribution in [0, 0.1) is 0 Å². The minimum Gasteiger partial charge on any atom is -0.378 e. The number of nitrogens with zero attached hydrogens (tertiary/aromatic N) is 5. The summed E-state index contributed by atoms with van der Waals surface area (Å²) in [6, 6.07) is 11.4. The van der Waals surface area contributed by atoms with Gasteiger partial charge in [-0.1, -0.05) is 18.2 Å². The lowest BCUT2D eigenvalue weighted by Crippen LogP contribution is -2.49. The Labute approximate surface area is 153 Å². The number of hydrogen-bond donors (Lipinski definition) is 0. The highest BCUT2D eigenvalue weighted by atomic mass is 16.5. The topological polar surface area (TPSA) is 61.8 Å². The third-order valence-corrected chi connectivity index (χ3v) is 4.83. The van der Waals surface area contributed by atoms with Gasteiger partial charge in [-0.15, -0.1) is 0 Å². The first-order chi connectivity index (χ1) is 12.8. The number of ether oxygens (including phenoxy) is 1. The summed E-state index contributed by atoms with van der Waals surface area (Å²) in [7, 11) is 0. The molecular formula is C19H23N5O2. The molecule has 1 amide bonds. The quantitative estimate of drug-likeness (QED) is 0.828. The second kappa shape index (κ2) is 7.70. The number of piperazine rings is 1. The van der Waals surface area contributed by atoms with Crippen LogP contribution >= 0.6 is 0 Å². The highest BCUT2D eigenvalue weighted by Crippen LogP contribution is 2.18. The zero-order valence-corrected chi connectivity index (χ0v) is 14.8. The predicted molar refractivity (Wildman–Crippen MR) is 99.6 cm³/mol. The van der Waals surface area contributed by atoms with Crippen LogP contribution in [0.1, 0.15) is 10.4 Å². The summed E-state index contributed by atoms with van der Waals surface area (Å²) >= 11 is 0. The van der Waals surface area contributed by atoms with Crippen LogP contribution in [0.2, 0.25) is 0 Å². The van der Waals surface area contributed by atoms with E-state index in [1.807, 2.05) is 47.5 Å². The van der Waals surface area contributed by atoms with Crippen LogP contribution in [0.3, 0.4) is 0 Å². The largest absolute Gasteiger partial charge is 0.378 e. The van der Waals surface area contributed by atoms with E-state index in [2.05, 4.69) is 14.8 Å². The van der Waals surface area contributed by atoms with Crippen molar-refractivity contribution in [1.29, 1.82) is 0 Å². The lowest BCUT2D eigenvalue weighted by molar-refractivity contribution is 0.0746. The van der Waals surface area contributed by atoms with E-state index >= 15 is 0 Å². The predicted octanol–water partition coefficient (Wildman–Crippen LogP) is 1.28. The molecule has 4 rings (SSSR count). The van der Waals surface area contributed by atoms with Crippen molar-refractivity contribution in [1.82, 2.24) is 14.9 Å². The fraction of sp³-hybridized carbons (Fsp3) is 0.421. The van der Waals surface area contributed by atoms with Gasteiger partial charge in [-0.05, 0) is 18.2 Å². The molecule has 0 radical (unpaired) electrons. The number of benzene rings is 1. The first-order valence-electron chi connectivity index (χ1n) is 9.06. The second-order valence-corrected chi connectivity index (χ2v) is 6.46. The van der Waals surface area contributed by atoms with Crippen molar-refractivity contribution in [3.05, 3.63) is 48.2 Å². The van der Waals surface area contributed by atoms with Crippen LogP contribution in [-0.2, 0) is 4.74 Å². The molecule has 2 aliphatic heterocycles. The Bertz CT molecular complexity index is 741. The molecule has 2 aromatic rings. The van der Waals surface area contributed by atoms with E-state index in [0.717, 1.165) is 43.5 Å². The molecule has 2 aliphatic rings. The molecule has 7 heteroatoms. The monoisotopic (exact) mass is 353 g/mol. The minimum absolute atomic E-state index is 0.0990. The van der Waals surface area contributed by atoms with E-state index in [1.54, 1.807) is 0 Å². The number of carbonyl (C=O) groups is 1. The maximum absolute atomic E-state index is 12.6.